The van der Waals surface area contributed by atoms with Crippen LogP contribution in [0.15, 0.2) is 35.5 Å². The predicted molar refractivity (Wildman–Crippen MR) is 114 cm³/mol. The number of benzene rings is 1. The van der Waals surface area contributed by atoms with Gasteiger partial charge in [-0.25, -0.2) is 9.48 Å². The van der Waals surface area contributed by atoms with E-state index in [2.05, 4.69) is 10.1 Å². The maximum atomic E-state index is 13.4. The van der Waals surface area contributed by atoms with Crippen molar-refractivity contribution in [1.29, 1.82) is 0 Å². The van der Waals surface area contributed by atoms with E-state index in [4.69, 9.17) is 4.74 Å². The molecule has 2 aliphatic rings. The van der Waals surface area contributed by atoms with Crippen molar-refractivity contribution in [2.75, 3.05) is 44.7 Å². The molecule has 2 aliphatic heterocycles. The molecule has 0 atom stereocenters. The second kappa shape index (κ2) is 8.17. The lowest BCUT2D eigenvalue weighted by Gasteiger charge is -2.38. The molecule has 3 heterocycles. The lowest BCUT2D eigenvalue weighted by atomic mass is 10.1. The summed E-state index contributed by atoms with van der Waals surface area (Å²) in [6.07, 6.45) is 2.52. The first-order chi connectivity index (χ1) is 14.6. The Morgan fingerprint density at radius 2 is 1.93 bits per heavy atom. The third-order valence-corrected chi connectivity index (χ3v) is 5.49. The molecule has 0 N–H and O–H groups in total. The second-order valence-corrected chi connectivity index (χ2v) is 7.14. The van der Waals surface area contributed by atoms with Crippen LogP contribution >= 0.6 is 0 Å². The van der Waals surface area contributed by atoms with Crippen LogP contribution in [-0.2, 0) is 4.79 Å². The summed E-state index contributed by atoms with van der Waals surface area (Å²) in [5, 5.41) is 4.54. The van der Waals surface area contributed by atoms with Gasteiger partial charge in [0.15, 0.2) is 5.82 Å². The number of amidine groups is 1. The summed E-state index contributed by atoms with van der Waals surface area (Å²) in [6, 6.07) is 7.18. The minimum Gasteiger partial charge on any atom is -0.497 e. The van der Waals surface area contributed by atoms with Crippen molar-refractivity contribution in [3.05, 3.63) is 36.0 Å². The molecule has 9 nitrogen and oxygen atoms in total. The van der Waals surface area contributed by atoms with Crippen LogP contribution in [0.5, 0.6) is 5.75 Å². The zero-order valence-corrected chi connectivity index (χ0v) is 17.5. The Balaban J connectivity index is 1.80. The van der Waals surface area contributed by atoms with E-state index in [0.29, 0.717) is 37.8 Å². The normalized spacial score (nSPS) is 15.4. The van der Waals surface area contributed by atoms with Gasteiger partial charge in [-0.05, 0) is 44.5 Å². The number of carbonyl (C=O) groups excluding carboxylic acids is 2. The number of methoxy groups -OCH3 is 1. The van der Waals surface area contributed by atoms with Gasteiger partial charge in [0.25, 0.3) is 0 Å². The Morgan fingerprint density at radius 1 is 1.20 bits per heavy atom. The molecule has 2 aromatic rings. The molecular weight excluding hydrogens is 384 g/mol. The fraction of sp³-hybridized carbons (Fsp3) is 0.429. The Labute approximate surface area is 175 Å². The third-order valence-electron chi connectivity index (χ3n) is 5.49. The van der Waals surface area contributed by atoms with E-state index in [9.17, 15) is 9.59 Å². The highest BCUT2D eigenvalue weighted by Gasteiger charge is 2.40. The van der Waals surface area contributed by atoms with Crippen LogP contribution in [0.4, 0.5) is 10.6 Å². The fourth-order valence-electron chi connectivity index (χ4n) is 3.88. The summed E-state index contributed by atoms with van der Waals surface area (Å²) < 4.78 is 6.93. The van der Waals surface area contributed by atoms with Gasteiger partial charge in [-0.3, -0.25) is 19.6 Å². The molecule has 0 saturated heterocycles. The summed E-state index contributed by atoms with van der Waals surface area (Å²) in [6.45, 7) is 6.27. The van der Waals surface area contributed by atoms with Gasteiger partial charge in [0.05, 0.1) is 24.6 Å². The lowest BCUT2D eigenvalue weighted by Crippen LogP contribution is -2.55. The van der Waals surface area contributed by atoms with Crippen molar-refractivity contribution < 1.29 is 14.3 Å². The summed E-state index contributed by atoms with van der Waals surface area (Å²) in [7, 11) is 1.61. The first kappa shape index (κ1) is 19.9. The van der Waals surface area contributed by atoms with E-state index in [1.165, 1.54) is 4.90 Å². The number of rotatable bonds is 6. The highest BCUT2D eigenvalue weighted by Crippen LogP contribution is 2.33. The molecule has 1 aromatic carbocycles. The van der Waals surface area contributed by atoms with Gasteiger partial charge in [-0.15, -0.1) is 0 Å². The van der Waals surface area contributed by atoms with Crippen LogP contribution in [0.3, 0.4) is 0 Å². The Bertz CT molecular complexity index is 977. The molecule has 0 saturated carbocycles. The Morgan fingerprint density at radius 3 is 2.60 bits per heavy atom. The van der Waals surface area contributed by atoms with E-state index >= 15 is 0 Å². The van der Waals surface area contributed by atoms with Gasteiger partial charge in [-0.1, -0.05) is 0 Å². The third kappa shape index (κ3) is 3.30. The van der Waals surface area contributed by atoms with Gasteiger partial charge in [0.2, 0.25) is 5.91 Å². The highest BCUT2D eigenvalue weighted by molar-refractivity contribution is 6.19. The fourth-order valence-corrected chi connectivity index (χ4v) is 3.88. The molecule has 0 fully saturated rings. The number of nitrogens with zero attached hydrogens (tertiary/aromatic N) is 6. The summed E-state index contributed by atoms with van der Waals surface area (Å²) in [5.74, 6) is 1.83. The highest BCUT2D eigenvalue weighted by atomic mass is 16.5. The number of amides is 3. The average molecular weight is 410 g/mol. The number of aromatic nitrogens is 2. The molecule has 158 valence electrons. The standard InChI is InChI=1S/C21H26N6O3/c1-4-24(5-2)18(28)14-26-20-17(19-22-11-6-12-25(19)21(26)29)13-23-27(20)15-7-9-16(30-3)10-8-15/h7-10,13H,4-6,11-12,14H2,1-3H3. The van der Waals surface area contributed by atoms with Crippen molar-refractivity contribution in [2.24, 2.45) is 4.99 Å². The number of urea groups is 1. The number of fused-ring (bicyclic) bond motifs is 3. The minimum atomic E-state index is -0.239. The monoisotopic (exact) mass is 410 g/mol. The predicted octanol–water partition coefficient (Wildman–Crippen LogP) is 2.14. The average Bonchev–Trinajstić information content (AvgIpc) is 3.22. The van der Waals surface area contributed by atoms with Crippen molar-refractivity contribution >= 4 is 23.6 Å². The molecule has 0 spiro atoms. The molecule has 1 aromatic heterocycles. The van der Waals surface area contributed by atoms with Gasteiger partial charge in [0, 0.05) is 26.2 Å². The van der Waals surface area contributed by atoms with E-state index < -0.39 is 0 Å². The van der Waals surface area contributed by atoms with Crippen LogP contribution in [-0.4, -0.2) is 77.2 Å². The first-order valence-corrected chi connectivity index (χ1v) is 10.2. The quantitative estimate of drug-likeness (QED) is 0.731. The van der Waals surface area contributed by atoms with Gasteiger partial charge in [0.1, 0.15) is 18.1 Å². The number of ether oxygens (including phenoxy) is 1. The maximum Gasteiger partial charge on any atom is 0.331 e. The molecule has 3 amide bonds. The van der Waals surface area contributed by atoms with Crippen LogP contribution in [0.25, 0.3) is 5.69 Å². The minimum absolute atomic E-state index is 0.0425. The van der Waals surface area contributed by atoms with Gasteiger partial charge < -0.3 is 9.64 Å². The Hall–Kier alpha value is -3.36. The number of likely N-dealkylation sites (N-methyl/N-ethyl adjacent to an activating group) is 1. The zero-order valence-electron chi connectivity index (χ0n) is 17.5. The molecule has 0 unspecified atom stereocenters. The van der Waals surface area contributed by atoms with Crippen LogP contribution in [0.2, 0.25) is 0 Å². The first-order valence-electron chi connectivity index (χ1n) is 10.2. The smallest absolute Gasteiger partial charge is 0.331 e. The van der Waals surface area contributed by atoms with Gasteiger partial charge in [-0.2, -0.15) is 5.10 Å². The number of aliphatic imine (C=N–C) groups is 1. The van der Waals surface area contributed by atoms with Crippen LogP contribution in [0.1, 0.15) is 25.8 Å². The molecule has 0 radical (unpaired) electrons. The van der Waals surface area contributed by atoms with E-state index in [0.717, 1.165) is 23.4 Å². The number of anilines is 1. The lowest BCUT2D eigenvalue weighted by molar-refractivity contribution is -0.129. The van der Waals surface area contributed by atoms with E-state index in [1.807, 2.05) is 38.1 Å². The van der Waals surface area contributed by atoms with Crippen molar-refractivity contribution in [3.63, 3.8) is 0 Å². The molecular formula is C21H26N6O3. The van der Waals surface area contributed by atoms with Crippen molar-refractivity contribution in [1.82, 2.24) is 19.6 Å². The van der Waals surface area contributed by atoms with E-state index in [1.54, 1.807) is 27.8 Å². The maximum absolute atomic E-state index is 13.4. The number of hydrogen-bond acceptors (Lipinski definition) is 5. The summed E-state index contributed by atoms with van der Waals surface area (Å²) in [5.41, 5.74) is 1.53. The zero-order chi connectivity index (χ0) is 21.3. The van der Waals surface area contributed by atoms with Crippen molar-refractivity contribution in [3.8, 4) is 11.4 Å². The summed E-state index contributed by atoms with van der Waals surface area (Å²) >= 11 is 0. The number of hydrogen-bond donors (Lipinski definition) is 0. The van der Waals surface area contributed by atoms with Crippen LogP contribution in [0, 0.1) is 0 Å². The second-order valence-electron chi connectivity index (χ2n) is 7.14. The van der Waals surface area contributed by atoms with E-state index in [-0.39, 0.29) is 18.5 Å². The SMILES string of the molecule is CCN(CC)C(=O)CN1C(=O)N2CCCN=C2c2cnn(-c3ccc(OC)cc3)c21. The summed E-state index contributed by atoms with van der Waals surface area (Å²) in [4.78, 5) is 35.7. The largest absolute Gasteiger partial charge is 0.497 e. The molecule has 9 heteroatoms. The molecule has 4 rings (SSSR count). The van der Waals surface area contributed by atoms with Crippen molar-refractivity contribution in [2.45, 2.75) is 20.3 Å². The Kier molecular flexibility index (Phi) is 5.43. The molecule has 0 aliphatic carbocycles. The number of carbonyl (C=O) groups is 2. The molecule has 0 bridgehead atoms. The molecule has 30 heavy (non-hydrogen) atoms. The van der Waals surface area contributed by atoms with Crippen LogP contribution < -0.4 is 9.64 Å². The topological polar surface area (TPSA) is 83.3 Å². The van der Waals surface area contributed by atoms with Gasteiger partial charge >= 0.3 is 6.03 Å².